The van der Waals surface area contributed by atoms with Gasteiger partial charge in [-0.25, -0.2) is 0 Å². The van der Waals surface area contributed by atoms with E-state index in [1.807, 2.05) is 0 Å². The van der Waals surface area contributed by atoms with Crippen LogP contribution >= 0.6 is 0 Å². The molecule has 0 fully saturated rings. The highest BCUT2D eigenvalue weighted by Crippen LogP contribution is 2.22. The van der Waals surface area contributed by atoms with Gasteiger partial charge in [-0.1, -0.05) is 24.3 Å². The Hall–Kier alpha value is -2.50. The lowest BCUT2D eigenvalue weighted by Crippen LogP contribution is -2.27. The molecule has 2 unspecified atom stereocenters. The minimum Gasteiger partial charge on any atom is -0.369 e. The minimum atomic E-state index is -0.780. The van der Waals surface area contributed by atoms with E-state index in [0.29, 0.717) is 11.1 Å². The third-order valence-corrected chi connectivity index (χ3v) is 3.04. The van der Waals surface area contributed by atoms with Crippen LogP contribution in [0, 0.1) is 10.8 Å². The van der Waals surface area contributed by atoms with Crippen molar-refractivity contribution in [3.8, 4) is 0 Å². The molecule has 0 radical (unpaired) electrons. The van der Waals surface area contributed by atoms with Gasteiger partial charge in [-0.15, -0.1) is 0 Å². The molecule has 0 saturated heterocycles. The summed E-state index contributed by atoms with van der Waals surface area (Å²) in [5, 5.41) is 15.2. The van der Waals surface area contributed by atoms with Crippen LogP contribution in [0.4, 0.5) is 0 Å². The zero-order chi connectivity index (χ0) is 15.4. The van der Waals surface area contributed by atoms with Crippen molar-refractivity contribution in [2.45, 2.75) is 25.7 Å². The van der Waals surface area contributed by atoms with E-state index in [0.717, 1.165) is 0 Å². The summed E-state index contributed by atoms with van der Waals surface area (Å²) in [4.78, 5) is 22.7. The molecule has 0 spiro atoms. The SMILES string of the molecule is CC(=N)C(C(N)=O)c1ccc(C(C(C)=N)C(N)=O)cc1. The minimum absolute atomic E-state index is 0.153. The van der Waals surface area contributed by atoms with Gasteiger partial charge >= 0.3 is 0 Å². The third kappa shape index (κ3) is 3.28. The van der Waals surface area contributed by atoms with Crippen molar-refractivity contribution >= 4 is 23.2 Å². The molecule has 0 aromatic heterocycles. The Morgan fingerprint density at radius 1 is 0.850 bits per heavy atom. The van der Waals surface area contributed by atoms with Gasteiger partial charge in [-0.2, -0.15) is 0 Å². The van der Waals surface area contributed by atoms with Gasteiger partial charge in [0.2, 0.25) is 11.8 Å². The molecule has 0 aliphatic rings. The Bertz CT molecular complexity index is 484. The third-order valence-electron chi connectivity index (χ3n) is 3.04. The van der Waals surface area contributed by atoms with E-state index in [1.165, 1.54) is 13.8 Å². The van der Waals surface area contributed by atoms with E-state index in [9.17, 15) is 9.59 Å². The number of benzene rings is 1. The number of amides is 2. The standard InChI is InChI=1S/C14H18N4O2/c1-7(15)11(13(17)19)9-3-5-10(6-4-9)12(8(2)16)14(18)20/h3-6,11-12,15-16H,1-2H3,(H2,17,19)(H2,18,20). The highest BCUT2D eigenvalue weighted by atomic mass is 16.1. The maximum atomic E-state index is 11.3. The largest absolute Gasteiger partial charge is 0.369 e. The lowest BCUT2D eigenvalue weighted by molar-refractivity contribution is -0.119. The topological polar surface area (TPSA) is 134 Å². The quantitative estimate of drug-likeness (QED) is 0.574. The van der Waals surface area contributed by atoms with Gasteiger partial charge in [-0.3, -0.25) is 9.59 Å². The first-order valence-corrected chi connectivity index (χ1v) is 6.04. The number of primary amides is 2. The van der Waals surface area contributed by atoms with E-state index in [4.69, 9.17) is 22.3 Å². The van der Waals surface area contributed by atoms with Crippen LogP contribution in [-0.2, 0) is 9.59 Å². The Kier molecular flexibility index (Phi) is 4.74. The fraction of sp³-hybridized carbons (Fsp3) is 0.286. The van der Waals surface area contributed by atoms with Crippen LogP contribution in [0.15, 0.2) is 24.3 Å². The van der Waals surface area contributed by atoms with E-state index in [1.54, 1.807) is 24.3 Å². The van der Waals surface area contributed by atoms with Crippen molar-refractivity contribution in [2.75, 3.05) is 0 Å². The summed E-state index contributed by atoms with van der Waals surface area (Å²) < 4.78 is 0. The lowest BCUT2D eigenvalue weighted by atomic mass is 9.89. The Labute approximate surface area is 117 Å². The molecule has 6 heteroatoms. The summed E-state index contributed by atoms with van der Waals surface area (Å²) in [6, 6.07) is 6.51. The Morgan fingerprint density at radius 2 is 1.10 bits per heavy atom. The summed E-state index contributed by atoms with van der Waals surface area (Å²) in [5.41, 5.74) is 12.0. The number of carbonyl (C=O) groups excluding carboxylic acids is 2. The monoisotopic (exact) mass is 274 g/mol. The number of hydrogen-bond donors (Lipinski definition) is 4. The molecule has 6 nitrogen and oxygen atoms in total. The Morgan fingerprint density at radius 3 is 1.25 bits per heavy atom. The predicted octanol–water partition coefficient (Wildman–Crippen LogP) is 0.904. The predicted molar refractivity (Wildman–Crippen MR) is 77.1 cm³/mol. The molecule has 2 amide bonds. The van der Waals surface area contributed by atoms with Crippen LogP contribution in [0.5, 0.6) is 0 Å². The number of carbonyl (C=O) groups is 2. The Balaban J connectivity index is 3.16. The molecular formula is C14H18N4O2. The van der Waals surface area contributed by atoms with Gasteiger partial charge in [-0.05, 0) is 25.0 Å². The zero-order valence-corrected chi connectivity index (χ0v) is 11.4. The molecule has 6 N–H and O–H groups in total. The highest BCUT2D eigenvalue weighted by molar-refractivity contribution is 6.07. The summed E-state index contributed by atoms with van der Waals surface area (Å²) in [7, 11) is 0. The van der Waals surface area contributed by atoms with Gasteiger partial charge in [0.15, 0.2) is 0 Å². The molecule has 0 aliphatic heterocycles. The molecule has 1 aromatic carbocycles. The second kappa shape index (κ2) is 6.10. The van der Waals surface area contributed by atoms with Gasteiger partial charge in [0.1, 0.15) is 0 Å². The second-order valence-corrected chi connectivity index (χ2v) is 4.70. The normalized spacial score (nSPS) is 13.3. The maximum Gasteiger partial charge on any atom is 0.230 e. The van der Waals surface area contributed by atoms with E-state index >= 15 is 0 Å². The van der Waals surface area contributed by atoms with Crippen molar-refractivity contribution in [1.82, 2.24) is 0 Å². The van der Waals surface area contributed by atoms with Gasteiger partial charge < -0.3 is 22.3 Å². The van der Waals surface area contributed by atoms with Gasteiger partial charge in [0, 0.05) is 11.4 Å². The molecule has 20 heavy (non-hydrogen) atoms. The molecular weight excluding hydrogens is 256 g/mol. The van der Waals surface area contributed by atoms with E-state index in [-0.39, 0.29) is 11.4 Å². The molecule has 0 bridgehead atoms. The second-order valence-electron chi connectivity index (χ2n) is 4.70. The van der Waals surface area contributed by atoms with Crippen LogP contribution in [0.1, 0.15) is 36.8 Å². The number of nitrogens with one attached hydrogen (secondary N) is 2. The van der Waals surface area contributed by atoms with Crippen LogP contribution in [0.3, 0.4) is 0 Å². The van der Waals surface area contributed by atoms with Crippen molar-refractivity contribution < 1.29 is 9.59 Å². The van der Waals surface area contributed by atoms with Crippen molar-refractivity contribution in [1.29, 1.82) is 10.8 Å². The fourth-order valence-corrected chi connectivity index (χ4v) is 2.14. The zero-order valence-electron chi connectivity index (χ0n) is 11.4. The maximum absolute atomic E-state index is 11.3. The molecule has 2 atom stereocenters. The molecule has 0 saturated carbocycles. The fourth-order valence-electron chi connectivity index (χ4n) is 2.14. The lowest BCUT2D eigenvalue weighted by Gasteiger charge is -2.15. The molecule has 1 aromatic rings. The van der Waals surface area contributed by atoms with Gasteiger partial charge in [0.05, 0.1) is 11.8 Å². The average Bonchev–Trinajstić information content (AvgIpc) is 2.29. The van der Waals surface area contributed by atoms with Crippen molar-refractivity contribution in [3.63, 3.8) is 0 Å². The van der Waals surface area contributed by atoms with Crippen LogP contribution in [0.2, 0.25) is 0 Å². The van der Waals surface area contributed by atoms with E-state index < -0.39 is 23.7 Å². The number of hydrogen-bond acceptors (Lipinski definition) is 4. The summed E-state index contributed by atoms with van der Waals surface area (Å²) in [5.74, 6) is -2.76. The van der Waals surface area contributed by atoms with Crippen LogP contribution in [-0.4, -0.2) is 23.2 Å². The summed E-state index contributed by atoms with van der Waals surface area (Å²) in [6.45, 7) is 3.02. The first-order chi connectivity index (χ1) is 9.25. The summed E-state index contributed by atoms with van der Waals surface area (Å²) >= 11 is 0. The summed E-state index contributed by atoms with van der Waals surface area (Å²) in [6.07, 6.45) is 0. The van der Waals surface area contributed by atoms with Crippen LogP contribution in [0.25, 0.3) is 0 Å². The van der Waals surface area contributed by atoms with Crippen LogP contribution < -0.4 is 11.5 Å². The highest BCUT2D eigenvalue weighted by Gasteiger charge is 2.23. The van der Waals surface area contributed by atoms with E-state index in [2.05, 4.69) is 0 Å². The molecule has 0 heterocycles. The van der Waals surface area contributed by atoms with Gasteiger partial charge in [0.25, 0.3) is 0 Å². The number of nitrogens with two attached hydrogens (primary N) is 2. The first-order valence-electron chi connectivity index (χ1n) is 6.04. The molecule has 1 rings (SSSR count). The number of rotatable bonds is 6. The molecule has 0 aliphatic carbocycles. The average molecular weight is 274 g/mol. The smallest absolute Gasteiger partial charge is 0.230 e. The van der Waals surface area contributed by atoms with Crippen molar-refractivity contribution in [3.05, 3.63) is 35.4 Å². The molecule has 106 valence electrons. The van der Waals surface area contributed by atoms with Crippen molar-refractivity contribution in [2.24, 2.45) is 11.5 Å². The first kappa shape index (κ1) is 15.6.